The van der Waals surface area contributed by atoms with Crippen molar-refractivity contribution in [1.82, 2.24) is 20.3 Å². The highest BCUT2D eigenvalue weighted by Gasteiger charge is 2.31. The Hall–Kier alpha value is -2.99. The van der Waals surface area contributed by atoms with E-state index in [2.05, 4.69) is 15.6 Å². The summed E-state index contributed by atoms with van der Waals surface area (Å²) >= 11 is 0. The maximum atomic E-state index is 12.5. The molecular formula is C18H16N4O2. The topological polar surface area (TPSA) is 80.0 Å². The van der Waals surface area contributed by atoms with E-state index in [9.17, 15) is 9.90 Å². The molecule has 0 spiro atoms. The standard InChI is InChI=1S/C18H16N4O2/c23-16-11-13-3-1-2-4-15(13)17(16)20-18(24)12-5-7-14(8-6-12)22-10-9-19-21-22/h1-10,16-17,23H,11H2,(H,20,24). The second kappa shape index (κ2) is 5.90. The summed E-state index contributed by atoms with van der Waals surface area (Å²) in [6, 6.07) is 14.5. The smallest absolute Gasteiger partial charge is 0.251 e. The van der Waals surface area contributed by atoms with Crippen molar-refractivity contribution in [1.29, 1.82) is 0 Å². The zero-order chi connectivity index (χ0) is 16.5. The van der Waals surface area contributed by atoms with Gasteiger partial charge in [-0.3, -0.25) is 4.79 Å². The van der Waals surface area contributed by atoms with Crippen LogP contribution in [0.25, 0.3) is 5.69 Å². The quantitative estimate of drug-likeness (QED) is 0.769. The molecule has 6 nitrogen and oxygen atoms in total. The molecule has 120 valence electrons. The van der Waals surface area contributed by atoms with Gasteiger partial charge in [-0.15, -0.1) is 5.10 Å². The van der Waals surface area contributed by atoms with E-state index in [1.165, 1.54) is 0 Å². The van der Waals surface area contributed by atoms with E-state index in [1.54, 1.807) is 29.2 Å². The molecule has 4 rings (SSSR count). The van der Waals surface area contributed by atoms with Crippen LogP contribution in [0.3, 0.4) is 0 Å². The number of aliphatic hydroxyl groups is 1. The highest BCUT2D eigenvalue weighted by Crippen LogP contribution is 2.31. The summed E-state index contributed by atoms with van der Waals surface area (Å²) in [5, 5.41) is 20.8. The second-order valence-corrected chi connectivity index (χ2v) is 5.82. The molecule has 0 fully saturated rings. The van der Waals surface area contributed by atoms with Gasteiger partial charge >= 0.3 is 0 Å². The van der Waals surface area contributed by atoms with Crippen LogP contribution in [0.2, 0.25) is 0 Å². The first-order chi connectivity index (χ1) is 11.7. The lowest BCUT2D eigenvalue weighted by atomic mass is 10.1. The van der Waals surface area contributed by atoms with Crippen molar-refractivity contribution in [2.24, 2.45) is 0 Å². The van der Waals surface area contributed by atoms with Gasteiger partial charge in [0.05, 0.1) is 30.2 Å². The van der Waals surface area contributed by atoms with Crippen LogP contribution < -0.4 is 5.32 Å². The van der Waals surface area contributed by atoms with Crippen molar-refractivity contribution < 1.29 is 9.90 Å². The van der Waals surface area contributed by atoms with Crippen molar-refractivity contribution in [2.75, 3.05) is 0 Å². The summed E-state index contributed by atoms with van der Waals surface area (Å²) < 4.78 is 1.62. The fourth-order valence-electron chi connectivity index (χ4n) is 3.08. The minimum atomic E-state index is -0.597. The largest absolute Gasteiger partial charge is 0.390 e. The molecule has 6 heteroatoms. The molecule has 24 heavy (non-hydrogen) atoms. The van der Waals surface area contributed by atoms with Gasteiger partial charge in [0.2, 0.25) is 0 Å². The van der Waals surface area contributed by atoms with Crippen molar-refractivity contribution in [3.8, 4) is 5.69 Å². The van der Waals surface area contributed by atoms with Gasteiger partial charge in [-0.2, -0.15) is 0 Å². The molecule has 0 saturated heterocycles. The fraction of sp³-hybridized carbons (Fsp3) is 0.167. The number of rotatable bonds is 3. The molecule has 2 atom stereocenters. The highest BCUT2D eigenvalue weighted by molar-refractivity contribution is 5.94. The van der Waals surface area contributed by atoms with Crippen LogP contribution in [-0.2, 0) is 6.42 Å². The monoisotopic (exact) mass is 320 g/mol. The van der Waals surface area contributed by atoms with E-state index in [0.29, 0.717) is 12.0 Å². The van der Waals surface area contributed by atoms with Gasteiger partial charge in [-0.05, 0) is 35.4 Å². The number of aliphatic hydroxyl groups excluding tert-OH is 1. The second-order valence-electron chi connectivity index (χ2n) is 5.82. The Balaban J connectivity index is 1.52. The van der Waals surface area contributed by atoms with Gasteiger partial charge in [0.1, 0.15) is 0 Å². The Morgan fingerprint density at radius 1 is 1.17 bits per heavy atom. The van der Waals surface area contributed by atoms with Gasteiger partial charge in [0.15, 0.2) is 0 Å². The molecule has 1 aromatic heterocycles. The van der Waals surface area contributed by atoms with Crippen LogP contribution in [-0.4, -0.2) is 32.1 Å². The number of fused-ring (bicyclic) bond motifs is 1. The normalized spacial score (nSPS) is 19.0. The maximum absolute atomic E-state index is 12.5. The number of hydrogen-bond acceptors (Lipinski definition) is 4. The molecule has 3 aromatic rings. The maximum Gasteiger partial charge on any atom is 0.251 e. The van der Waals surface area contributed by atoms with Gasteiger partial charge in [0.25, 0.3) is 5.91 Å². The molecule has 2 unspecified atom stereocenters. The predicted molar refractivity (Wildman–Crippen MR) is 87.7 cm³/mol. The third-order valence-electron chi connectivity index (χ3n) is 4.31. The van der Waals surface area contributed by atoms with E-state index >= 15 is 0 Å². The summed E-state index contributed by atoms with van der Waals surface area (Å²) in [6.45, 7) is 0. The predicted octanol–water partition coefficient (Wildman–Crippen LogP) is 1.66. The molecular weight excluding hydrogens is 304 g/mol. The molecule has 1 aliphatic rings. The Kier molecular flexibility index (Phi) is 3.59. The average Bonchev–Trinajstić information content (AvgIpc) is 3.24. The molecule has 0 saturated carbocycles. The first kappa shape index (κ1) is 14.6. The summed E-state index contributed by atoms with van der Waals surface area (Å²) in [5.74, 6) is -0.208. The number of carbonyl (C=O) groups is 1. The third kappa shape index (κ3) is 2.57. The van der Waals surface area contributed by atoms with E-state index < -0.39 is 6.10 Å². The minimum Gasteiger partial charge on any atom is -0.390 e. The van der Waals surface area contributed by atoms with Gasteiger partial charge in [-0.1, -0.05) is 29.5 Å². The van der Waals surface area contributed by atoms with E-state index in [1.807, 2.05) is 36.4 Å². The fourth-order valence-corrected chi connectivity index (χ4v) is 3.08. The van der Waals surface area contributed by atoms with Crippen LogP contribution in [0.15, 0.2) is 60.9 Å². The van der Waals surface area contributed by atoms with Gasteiger partial charge in [0, 0.05) is 12.0 Å². The van der Waals surface area contributed by atoms with E-state index in [-0.39, 0.29) is 11.9 Å². The molecule has 0 radical (unpaired) electrons. The third-order valence-corrected chi connectivity index (χ3v) is 4.31. The van der Waals surface area contributed by atoms with Gasteiger partial charge in [-0.25, -0.2) is 4.68 Å². The molecule has 1 amide bonds. The molecule has 0 aliphatic heterocycles. The number of amides is 1. The van der Waals surface area contributed by atoms with Crippen LogP contribution >= 0.6 is 0 Å². The minimum absolute atomic E-state index is 0.208. The number of carbonyl (C=O) groups excluding carboxylic acids is 1. The summed E-state index contributed by atoms with van der Waals surface area (Å²) in [4.78, 5) is 12.5. The van der Waals surface area contributed by atoms with Crippen LogP contribution in [0.1, 0.15) is 27.5 Å². The lowest BCUT2D eigenvalue weighted by molar-refractivity contribution is 0.0858. The summed E-state index contributed by atoms with van der Waals surface area (Å²) in [6.07, 6.45) is 3.30. The molecule has 2 aromatic carbocycles. The Bertz CT molecular complexity index is 859. The van der Waals surface area contributed by atoms with Gasteiger partial charge < -0.3 is 10.4 Å². The number of nitrogens with one attached hydrogen (secondary N) is 1. The summed E-state index contributed by atoms with van der Waals surface area (Å²) in [5.41, 5.74) is 3.43. The van der Waals surface area contributed by atoms with E-state index in [0.717, 1.165) is 16.8 Å². The van der Waals surface area contributed by atoms with Crippen LogP contribution in [0.4, 0.5) is 0 Å². The van der Waals surface area contributed by atoms with Crippen LogP contribution in [0, 0.1) is 0 Å². The Morgan fingerprint density at radius 2 is 1.96 bits per heavy atom. The number of benzene rings is 2. The number of nitrogens with zero attached hydrogens (tertiary/aromatic N) is 3. The molecule has 2 N–H and O–H groups in total. The molecule has 0 bridgehead atoms. The zero-order valence-corrected chi connectivity index (χ0v) is 12.8. The lowest BCUT2D eigenvalue weighted by Gasteiger charge is -2.18. The average molecular weight is 320 g/mol. The summed E-state index contributed by atoms with van der Waals surface area (Å²) in [7, 11) is 0. The van der Waals surface area contributed by atoms with Crippen molar-refractivity contribution >= 4 is 5.91 Å². The first-order valence-electron chi connectivity index (χ1n) is 7.76. The van der Waals surface area contributed by atoms with Crippen LogP contribution in [0.5, 0.6) is 0 Å². The molecule has 1 aliphatic carbocycles. The number of aromatic nitrogens is 3. The Morgan fingerprint density at radius 3 is 2.71 bits per heavy atom. The van der Waals surface area contributed by atoms with Crippen molar-refractivity contribution in [3.63, 3.8) is 0 Å². The lowest BCUT2D eigenvalue weighted by Crippen LogP contribution is -2.33. The Labute approximate surface area is 138 Å². The molecule has 1 heterocycles. The zero-order valence-electron chi connectivity index (χ0n) is 12.8. The highest BCUT2D eigenvalue weighted by atomic mass is 16.3. The van der Waals surface area contributed by atoms with Crippen molar-refractivity contribution in [3.05, 3.63) is 77.6 Å². The number of hydrogen-bond donors (Lipinski definition) is 2. The van der Waals surface area contributed by atoms with E-state index in [4.69, 9.17) is 0 Å². The van der Waals surface area contributed by atoms with Crippen molar-refractivity contribution in [2.45, 2.75) is 18.6 Å². The SMILES string of the molecule is O=C(NC1c2ccccc2CC1O)c1ccc(-n2ccnn2)cc1. The first-order valence-corrected chi connectivity index (χ1v) is 7.76.